The summed E-state index contributed by atoms with van der Waals surface area (Å²) in [4.78, 5) is 0. The van der Waals surface area contributed by atoms with E-state index in [4.69, 9.17) is 34.8 Å². The first-order valence-electron chi connectivity index (χ1n) is 13.8. The molecule has 0 aromatic rings. The molecule has 4 aliphatic carbocycles. The maximum absolute atomic E-state index is 12.5. The summed E-state index contributed by atoms with van der Waals surface area (Å²) >= 11 is 0. The van der Waals surface area contributed by atoms with Crippen molar-refractivity contribution in [1.82, 2.24) is 0 Å². The summed E-state index contributed by atoms with van der Waals surface area (Å²) in [7, 11) is 3.33. The van der Waals surface area contributed by atoms with E-state index in [-0.39, 0.29) is 49.0 Å². The Morgan fingerprint density at radius 1 is 1.06 bits per heavy atom. The molecule has 0 amide bonds. The molecule has 0 aromatic heterocycles. The van der Waals surface area contributed by atoms with Crippen molar-refractivity contribution in [3.63, 3.8) is 0 Å². The lowest BCUT2D eigenvalue weighted by Gasteiger charge is -2.71. The van der Waals surface area contributed by atoms with Crippen molar-refractivity contribution >= 4 is 0 Å². The molecule has 5 aliphatic rings. The zero-order valence-corrected chi connectivity index (χ0v) is 23.0. The van der Waals surface area contributed by atoms with Gasteiger partial charge < -0.3 is 33.5 Å². The Morgan fingerprint density at radius 2 is 1.81 bits per heavy atom. The van der Waals surface area contributed by atoms with Crippen molar-refractivity contribution < 1.29 is 33.5 Å². The molecule has 7 nitrogen and oxygen atoms in total. The lowest BCUT2D eigenvalue weighted by Crippen LogP contribution is -2.78. The van der Waals surface area contributed by atoms with Gasteiger partial charge in [-0.05, 0) is 70.6 Å². The van der Waals surface area contributed by atoms with Gasteiger partial charge in [-0.1, -0.05) is 13.8 Å². The Balaban J connectivity index is 1.67. The molecule has 1 saturated heterocycles. The van der Waals surface area contributed by atoms with E-state index in [2.05, 4.69) is 19.8 Å². The van der Waals surface area contributed by atoms with Crippen LogP contribution < -0.4 is 0 Å². The van der Waals surface area contributed by atoms with E-state index in [9.17, 15) is 5.11 Å². The van der Waals surface area contributed by atoms with Gasteiger partial charge in [-0.15, -0.1) is 12.3 Å². The topological polar surface area (TPSA) is 75.6 Å². The van der Waals surface area contributed by atoms with E-state index in [1.807, 2.05) is 13.8 Å². The van der Waals surface area contributed by atoms with Gasteiger partial charge in [0.2, 0.25) is 0 Å². The lowest BCUT2D eigenvalue weighted by molar-refractivity contribution is -0.405. The van der Waals surface area contributed by atoms with Crippen LogP contribution in [0.3, 0.4) is 0 Å². The minimum absolute atomic E-state index is 0.0264. The molecule has 1 heterocycles. The van der Waals surface area contributed by atoms with Crippen molar-refractivity contribution in [3.05, 3.63) is 0 Å². The van der Waals surface area contributed by atoms with E-state index in [0.29, 0.717) is 18.9 Å². The summed E-state index contributed by atoms with van der Waals surface area (Å²) in [6.45, 7) is 9.33. The first-order chi connectivity index (χ1) is 17.0. The maximum atomic E-state index is 12.5. The van der Waals surface area contributed by atoms with Gasteiger partial charge in [-0.2, -0.15) is 0 Å². The second-order valence-electron chi connectivity index (χ2n) is 13.0. The normalized spacial score (nSPS) is 51.4. The van der Waals surface area contributed by atoms with Crippen molar-refractivity contribution in [3.8, 4) is 12.3 Å². The fraction of sp³-hybridized carbons (Fsp3) is 0.931. The molecule has 1 N–H and O–H groups in total. The number of aliphatic hydroxyl groups is 1. The molecule has 4 saturated carbocycles. The number of rotatable bonds is 6. The number of fused-ring (bicyclic) bond motifs is 3. The Hall–Kier alpha value is -0.720. The predicted octanol–water partition coefficient (Wildman–Crippen LogP) is 4.11. The third-order valence-corrected chi connectivity index (χ3v) is 10.9. The first-order valence-corrected chi connectivity index (χ1v) is 13.8. The van der Waals surface area contributed by atoms with Crippen LogP contribution in [-0.2, 0) is 28.4 Å². The molecule has 1 aliphatic heterocycles. The highest BCUT2D eigenvalue weighted by Gasteiger charge is 2.77. The highest BCUT2D eigenvalue weighted by atomic mass is 16.7. The van der Waals surface area contributed by atoms with Crippen LogP contribution >= 0.6 is 0 Å². The van der Waals surface area contributed by atoms with Gasteiger partial charge in [0.05, 0.1) is 35.4 Å². The van der Waals surface area contributed by atoms with Crippen LogP contribution in [0.5, 0.6) is 0 Å². The van der Waals surface area contributed by atoms with Crippen LogP contribution in [-0.4, -0.2) is 68.7 Å². The summed E-state index contributed by atoms with van der Waals surface area (Å²) in [5.74, 6) is 2.95. The van der Waals surface area contributed by atoms with Gasteiger partial charge in [0.15, 0.2) is 5.79 Å². The van der Waals surface area contributed by atoms with Crippen molar-refractivity contribution in [2.24, 2.45) is 34.5 Å². The van der Waals surface area contributed by atoms with E-state index >= 15 is 0 Å². The van der Waals surface area contributed by atoms with E-state index in [0.717, 1.165) is 38.5 Å². The molecule has 10 atom stereocenters. The molecule has 0 radical (unpaired) electrons. The molecule has 36 heavy (non-hydrogen) atoms. The largest absolute Gasteiger partial charge is 0.389 e. The Bertz CT molecular complexity index is 870. The quantitative estimate of drug-likeness (QED) is 0.429. The van der Waals surface area contributed by atoms with Crippen LogP contribution in [0.25, 0.3) is 0 Å². The number of methoxy groups -OCH3 is 2. The van der Waals surface area contributed by atoms with Crippen LogP contribution in [0.1, 0.15) is 72.6 Å². The van der Waals surface area contributed by atoms with E-state index in [1.54, 1.807) is 14.2 Å². The highest BCUT2D eigenvalue weighted by Crippen LogP contribution is 2.72. The molecule has 7 heteroatoms. The van der Waals surface area contributed by atoms with E-state index < -0.39 is 22.4 Å². The van der Waals surface area contributed by atoms with Crippen molar-refractivity contribution in [1.29, 1.82) is 0 Å². The minimum atomic E-state index is -0.901. The summed E-state index contributed by atoms with van der Waals surface area (Å²) in [5, 5.41) is 12.5. The van der Waals surface area contributed by atoms with Gasteiger partial charge in [-0.3, -0.25) is 0 Å². The molecular weight excluding hydrogens is 460 g/mol. The van der Waals surface area contributed by atoms with Crippen LogP contribution in [0.2, 0.25) is 0 Å². The lowest BCUT2D eigenvalue weighted by atomic mass is 9.39. The Morgan fingerprint density at radius 3 is 2.50 bits per heavy atom. The van der Waals surface area contributed by atoms with Crippen LogP contribution in [0, 0.1) is 46.8 Å². The summed E-state index contributed by atoms with van der Waals surface area (Å²) in [5.41, 5.74) is -2.25. The second-order valence-corrected chi connectivity index (χ2v) is 13.0. The average molecular weight is 507 g/mol. The number of hydrogen-bond donors (Lipinski definition) is 1. The number of hydrogen-bond acceptors (Lipinski definition) is 7. The minimum Gasteiger partial charge on any atom is -0.389 e. The zero-order chi connectivity index (χ0) is 26.0. The molecular formula is C29H46O7. The van der Waals surface area contributed by atoms with Gasteiger partial charge >= 0.3 is 0 Å². The first kappa shape index (κ1) is 26.9. The zero-order valence-electron chi connectivity index (χ0n) is 23.0. The predicted molar refractivity (Wildman–Crippen MR) is 134 cm³/mol. The third kappa shape index (κ3) is 3.59. The average Bonchev–Trinajstić information content (AvgIpc) is 3.10. The monoisotopic (exact) mass is 506 g/mol. The van der Waals surface area contributed by atoms with Crippen molar-refractivity contribution in [2.75, 3.05) is 34.4 Å². The Kier molecular flexibility index (Phi) is 6.86. The Labute approximate surface area is 216 Å². The SMILES string of the molecule is C#C[C@H]1CC[C@]2(OCOC)C3CC[C@]4(O)C[C@@H](C)C[C@H]5OC(C)(C)OC[C@]54C3C(OCOC)C[C@]12C. The molecule has 3 unspecified atom stereocenters. The number of terminal acetylenes is 1. The van der Waals surface area contributed by atoms with Gasteiger partial charge in [0.1, 0.15) is 13.6 Å². The summed E-state index contributed by atoms with van der Waals surface area (Å²) < 4.78 is 37.3. The van der Waals surface area contributed by atoms with E-state index in [1.165, 1.54) is 0 Å². The third-order valence-electron chi connectivity index (χ3n) is 10.9. The van der Waals surface area contributed by atoms with Gasteiger partial charge in [-0.25, -0.2) is 0 Å². The van der Waals surface area contributed by atoms with Crippen molar-refractivity contribution in [2.45, 2.75) is 102 Å². The molecule has 204 valence electrons. The summed E-state index contributed by atoms with van der Waals surface area (Å²) in [6, 6.07) is 0. The summed E-state index contributed by atoms with van der Waals surface area (Å²) in [6.07, 6.45) is 11.5. The maximum Gasteiger partial charge on any atom is 0.163 e. The molecule has 5 fully saturated rings. The smallest absolute Gasteiger partial charge is 0.163 e. The fourth-order valence-electron chi connectivity index (χ4n) is 9.60. The van der Waals surface area contributed by atoms with Gasteiger partial charge in [0, 0.05) is 31.5 Å². The molecule has 5 rings (SSSR count). The van der Waals surface area contributed by atoms with Crippen LogP contribution in [0.4, 0.5) is 0 Å². The molecule has 0 bridgehead atoms. The fourth-order valence-corrected chi connectivity index (χ4v) is 9.60. The molecule has 1 spiro atoms. The standard InChI is InChI=1S/C29H46O7/c1-8-20-9-12-29(35-18-32-7)21-10-11-27(30)14-19(2)13-23-28(27,16-34-25(3,4)36-23)24(21)22(33-17-31-6)15-26(20,29)5/h1,19-24,30H,9-18H2,2-7H3/t19-,20-,21?,22?,23+,24?,26+,27-,28+,29-/m0/s1. The second kappa shape index (κ2) is 9.19. The van der Waals surface area contributed by atoms with Crippen LogP contribution in [0.15, 0.2) is 0 Å². The van der Waals surface area contributed by atoms with Gasteiger partial charge in [0.25, 0.3) is 0 Å². The highest BCUT2D eigenvalue weighted by molar-refractivity contribution is 5.27. The number of ether oxygens (including phenoxy) is 6. The molecule has 0 aromatic carbocycles.